The van der Waals surface area contributed by atoms with Gasteiger partial charge in [-0.3, -0.25) is 14.5 Å². The lowest BCUT2D eigenvalue weighted by Gasteiger charge is -2.36. The Morgan fingerprint density at radius 3 is 2.39 bits per heavy atom. The quantitative estimate of drug-likeness (QED) is 0.699. The molecule has 0 saturated heterocycles. The first-order valence-electron chi connectivity index (χ1n) is 8.57. The van der Waals surface area contributed by atoms with E-state index in [1.165, 1.54) is 21.3 Å². The summed E-state index contributed by atoms with van der Waals surface area (Å²) in [5, 5.41) is 1.86. The molecule has 7 nitrogen and oxygen atoms in total. The molecule has 1 heterocycles. The molecule has 0 fully saturated rings. The van der Waals surface area contributed by atoms with Crippen molar-refractivity contribution in [3.8, 4) is 11.5 Å². The summed E-state index contributed by atoms with van der Waals surface area (Å²) in [7, 11) is 4.24. The van der Waals surface area contributed by atoms with E-state index < -0.39 is 30.6 Å². The Morgan fingerprint density at radius 1 is 1.18 bits per heavy atom. The molecular formula is C18H23F3N2O5. The molecule has 2 rings (SSSR count). The predicted octanol–water partition coefficient (Wildman–Crippen LogP) is 1.84. The molecule has 0 aromatic heterocycles. The number of carbonyl (C=O) groups is 2. The van der Waals surface area contributed by atoms with E-state index in [2.05, 4.69) is 0 Å². The highest BCUT2D eigenvalue weighted by Gasteiger charge is 2.33. The topological polar surface area (TPSA) is 77.1 Å². The standard InChI is InChI=1S/C18H23F3N2O5/c1-26-14-6-11-4-5-23(9-16(24)22-10-18(19,20)21)13(8-17(25)28-3)12(11)7-15(14)27-2/h6-7,13H,4-5,8-10H2,1-3H3,(H,22,24)/t13-/m1/s1. The molecule has 1 amide bonds. The van der Waals surface area contributed by atoms with Crippen LogP contribution in [-0.4, -0.2) is 63.9 Å². The number of hydrogen-bond donors (Lipinski definition) is 1. The van der Waals surface area contributed by atoms with Gasteiger partial charge in [0.25, 0.3) is 0 Å². The molecule has 1 aliphatic rings. The van der Waals surface area contributed by atoms with Crippen LogP contribution in [0, 0.1) is 0 Å². The predicted molar refractivity (Wildman–Crippen MR) is 93.3 cm³/mol. The van der Waals surface area contributed by atoms with Crippen molar-refractivity contribution < 1.29 is 37.0 Å². The molecule has 1 aromatic rings. The molecule has 0 radical (unpaired) electrons. The van der Waals surface area contributed by atoms with Crippen LogP contribution >= 0.6 is 0 Å². The van der Waals surface area contributed by atoms with Crippen LogP contribution in [0.2, 0.25) is 0 Å². The normalized spacial score (nSPS) is 16.9. The fraction of sp³-hybridized carbons (Fsp3) is 0.556. The van der Waals surface area contributed by atoms with E-state index in [1.807, 2.05) is 5.32 Å². The minimum Gasteiger partial charge on any atom is -0.493 e. The number of esters is 1. The summed E-state index contributed by atoms with van der Waals surface area (Å²) in [5.74, 6) is -0.265. The van der Waals surface area contributed by atoms with Crippen molar-refractivity contribution in [3.63, 3.8) is 0 Å². The van der Waals surface area contributed by atoms with Gasteiger partial charge in [0, 0.05) is 12.6 Å². The fourth-order valence-corrected chi connectivity index (χ4v) is 3.19. The van der Waals surface area contributed by atoms with Gasteiger partial charge in [-0.2, -0.15) is 13.2 Å². The second kappa shape index (κ2) is 9.13. The summed E-state index contributed by atoms with van der Waals surface area (Å²) in [5.41, 5.74) is 1.66. The Hall–Kier alpha value is -2.49. The number of nitrogens with one attached hydrogen (secondary N) is 1. The van der Waals surface area contributed by atoms with Gasteiger partial charge in [0.1, 0.15) is 6.54 Å². The van der Waals surface area contributed by atoms with Crippen LogP contribution in [-0.2, 0) is 20.7 Å². The molecule has 1 aliphatic heterocycles. The highest BCUT2D eigenvalue weighted by atomic mass is 19.4. The summed E-state index contributed by atoms with van der Waals surface area (Å²) in [6.45, 7) is -1.28. The summed E-state index contributed by atoms with van der Waals surface area (Å²) >= 11 is 0. The molecule has 28 heavy (non-hydrogen) atoms. The first-order chi connectivity index (χ1) is 13.2. The minimum absolute atomic E-state index is 0.0501. The SMILES string of the molecule is COC(=O)C[C@@H]1c2cc(OC)c(OC)cc2CCN1CC(=O)NCC(F)(F)F. The number of amides is 1. The molecule has 0 bridgehead atoms. The maximum atomic E-state index is 12.3. The number of methoxy groups -OCH3 is 3. The molecule has 156 valence electrons. The van der Waals surface area contributed by atoms with Crippen LogP contribution in [0.1, 0.15) is 23.6 Å². The number of hydrogen-bond acceptors (Lipinski definition) is 6. The average molecular weight is 404 g/mol. The molecular weight excluding hydrogens is 381 g/mol. The van der Waals surface area contributed by atoms with Gasteiger partial charge in [-0.1, -0.05) is 0 Å². The second-order valence-electron chi connectivity index (χ2n) is 6.31. The first-order valence-corrected chi connectivity index (χ1v) is 8.57. The number of nitrogens with zero attached hydrogens (tertiary/aromatic N) is 1. The summed E-state index contributed by atoms with van der Waals surface area (Å²) in [4.78, 5) is 25.5. The minimum atomic E-state index is -4.49. The molecule has 10 heteroatoms. The lowest BCUT2D eigenvalue weighted by molar-refractivity contribution is -0.143. The van der Waals surface area contributed by atoms with Crippen molar-refractivity contribution in [1.29, 1.82) is 0 Å². The molecule has 1 atom stereocenters. The maximum absolute atomic E-state index is 12.3. The monoisotopic (exact) mass is 404 g/mol. The second-order valence-corrected chi connectivity index (χ2v) is 6.31. The van der Waals surface area contributed by atoms with Crippen molar-refractivity contribution in [2.45, 2.75) is 25.1 Å². The molecule has 1 aromatic carbocycles. The Balaban J connectivity index is 2.27. The van der Waals surface area contributed by atoms with Crippen molar-refractivity contribution in [1.82, 2.24) is 10.2 Å². The zero-order valence-electron chi connectivity index (χ0n) is 15.9. The number of benzene rings is 1. The largest absolute Gasteiger partial charge is 0.493 e. The van der Waals surface area contributed by atoms with Crippen molar-refractivity contribution in [2.75, 3.05) is 41.0 Å². The Morgan fingerprint density at radius 2 is 1.82 bits per heavy atom. The number of fused-ring (bicyclic) bond motifs is 1. The Labute approximate surface area is 160 Å². The van der Waals surface area contributed by atoms with Gasteiger partial charge in [0.05, 0.1) is 34.3 Å². The highest BCUT2D eigenvalue weighted by molar-refractivity contribution is 5.78. The summed E-state index contributed by atoms with van der Waals surface area (Å²) in [6, 6.07) is 2.99. The van der Waals surface area contributed by atoms with E-state index in [-0.39, 0.29) is 13.0 Å². The van der Waals surface area contributed by atoms with Crippen molar-refractivity contribution >= 4 is 11.9 Å². The van der Waals surface area contributed by atoms with Crippen molar-refractivity contribution in [3.05, 3.63) is 23.3 Å². The van der Waals surface area contributed by atoms with Gasteiger partial charge in [0.15, 0.2) is 11.5 Å². The third-order valence-electron chi connectivity index (χ3n) is 4.53. The van der Waals surface area contributed by atoms with Gasteiger partial charge < -0.3 is 19.5 Å². The van der Waals surface area contributed by atoms with Crippen LogP contribution < -0.4 is 14.8 Å². The van der Waals surface area contributed by atoms with Gasteiger partial charge in [-0.25, -0.2) is 0 Å². The maximum Gasteiger partial charge on any atom is 0.405 e. The molecule has 0 unspecified atom stereocenters. The molecule has 0 saturated carbocycles. The number of ether oxygens (including phenoxy) is 3. The number of alkyl halides is 3. The van der Waals surface area contributed by atoms with E-state index in [1.54, 1.807) is 17.0 Å². The summed E-state index contributed by atoms with van der Waals surface area (Å²) < 4.78 is 52.3. The smallest absolute Gasteiger partial charge is 0.405 e. The van der Waals surface area contributed by atoms with Crippen LogP contribution in [0.5, 0.6) is 11.5 Å². The van der Waals surface area contributed by atoms with E-state index >= 15 is 0 Å². The van der Waals surface area contributed by atoms with Gasteiger partial charge in [0.2, 0.25) is 5.91 Å². The van der Waals surface area contributed by atoms with Crippen molar-refractivity contribution in [2.24, 2.45) is 0 Å². The van der Waals surface area contributed by atoms with Crippen LogP contribution in [0.3, 0.4) is 0 Å². The van der Waals surface area contributed by atoms with E-state index in [0.29, 0.717) is 24.5 Å². The van der Waals surface area contributed by atoms with Crippen LogP contribution in [0.25, 0.3) is 0 Å². The van der Waals surface area contributed by atoms with E-state index in [4.69, 9.17) is 14.2 Å². The van der Waals surface area contributed by atoms with Gasteiger partial charge in [-0.05, 0) is 29.7 Å². The zero-order valence-corrected chi connectivity index (χ0v) is 15.9. The third kappa shape index (κ3) is 5.51. The van der Waals surface area contributed by atoms with Gasteiger partial charge in [-0.15, -0.1) is 0 Å². The lowest BCUT2D eigenvalue weighted by atomic mass is 9.90. The zero-order chi connectivity index (χ0) is 20.9. The number of halogens is 3. The molecule has 1 N–H and O–H groups in total. The van der Waals surface area contributed by atoms with Crippen LogP contribution in [0.4, 0.5) is 13.2 Å². The van der Waals surface area contributed by atoms with Crippen LogP contribution in [0.15, 0.2) is 12.1 Å². The fourth-order valence-electron chi connectivity index (χ4n) is 3.19. The van der Waals surface area contributed by atoms with E-state index in [9.17, 15) is 22.8 Å². The first kappa shape index (κ1) is 21.8. The lowest BCUT2D eigenvalue weighted by Crippen LogP contribution is -2.45. The van der Waals surface area contributed by atoms with E-state index in [0.717, 1.165) is 11.1 Å². The molecule has 0 aliphatic carbocycles. The number of carbonyl (C=O) groups excluding carboxylic acids is 2. The molecule has 0 spiro atoms. The Bertz CT molecular complexity index is 724. The summed E-state index contributed by atoms with van der Waals surface area (Å²) in [6.07, 6.45) is -4.00. The highest BCUT2D eigenvalue weighted by Crippen LogP contribution is 2.39. The van der Waals surface area contributed by atoms with Gasteiger partial charge >= 0.3 is 12.1 Å². The number of rotatable bonds is 7. The third-order valence-corrected chi connectivity index (χ3v) is 4.53. The average Bonchev–Trinajstić information content (AvgIpc) is 2.66. The Kier molecular flexibility index (Phi) is 7.11.